The van der Waals surface area contributed by atoms with Gasteiger partial charge in [-0.1, -0.05) is 23.7 Å². The fraction of sp³-hybridized carbons (Fsp3) is 0.190. The minimum Gasteiger partial charge on any atom is -0.487 e. The second-order valence-corrected chi connectivity index (χ2v) is 7.06. The number of carbonyl (C=O) groups is 1. The lowest BCUT2D eigenvalue weighted by Gasteiger charge is -2.13. The Kier molecular flexibility index (Phi) is 5.21. The molecule has 1 aliphatic rings. The molecule has 2 aromatic carbocycles. The van der Waals surface area contributed by atoms with Gasteiger partial charge in [-0.25, -0.2) is 14.4 Å². The van der Waals surface area contributed by atoms with Gasteiger partial charge in [0.2, 0.25) is 5.91 Å². The molecular weight excluding hydrogens is 381 g/mol. The average Bonchev–Trinajstić information content (AvgIpc) is 3.11. The van der Waals surface area contributed by atoms with E-state index in [1.807, 2.05) is 12.1 Å². The summed E-state index contributed by atoms with van der Waals surface area (Å²) in [7, 11) is 0. The first-order chi connectivity index (χ1) is 13.6. The van der Waals surface area contributed by atoms with Gasteiger partial charge in [0.1, 0.15) is 24.0 Å². The van der Waals surface area contributed by atoms with Gasteiger partial charge in [-0.15, -0.1) is 0 Å². The van der Waals surface area contributed by atoms with Gasteiger partial charge in [-0.05, 0) is 29.8 Å². The highest BCUT2D eigenvalue weighted by Crippen LogP contribution is 2.39. The van der Waals surface area contributed by atoms with Gasteiger partial charge in [0, 0.05) is 40.5 Å². The zero-order valence-electron chi connectivity index (χ0n) is 14.9. The van der Waals surface area contributed by atoms with E-state index in [4.69, 9.17) is 16.3 Å². The van der Waals surface area contributed by atoms with Crippen molar-refractivity contribution in [2.45, 2.75) is 18.9 Å². The highest BCUT2D eigenvalue weighted by atomic mass is 35.5. The van der Waals surface area contributed by atoms with E-state index < -0.39 is 0 Å². The lowest BCUT2D eigenvalue weighted by molar-refractivity contribution is -0.120. The van der Waals surface area contributed by atoms with E-state index in [0.29, 0.717) is 34.9 Å². The van der Waals surface area contributed by atoms with E-state index in [9.17, 15) is 9.18 Å². The number of halogens is 2. The molecule has 0 bridgehead atoms. The van der Waals surface area contributed by atoms with Crippen molar-refractivity contribution in [3.63, 3.8) is 0 Å². The number of ether oxygens (including phenoxy) is 1. The third-order valence-corrected chi connectivity index (χ3v) is 4.79. The van der Waals surface area contributed by atoms with E-state index in [1.165, 1.54) is 18.5 Å². The van der Waals surface area contributed by atoms with Crippen LogP contribution >= 0.6 is 11.6 Å². The van der Waals surface area contributed by atoms with Crippen LogP contribution in [-0.2, 0) is 17.6 Å². The van der Waals surface area contributed by atoms with Gasteiger partial charge < -0.3 is 10.1 Å². The van der Waals surface area contributed by atoms with Crippen molar-refractivity contribution in [3.8, 4) is 16.9 Å². The zero-order valence-corrected chi connectivity index (χ0v) is 15.6. The van der Waals surface area contributed by atoms with Gasteiger partial charge in [0.25, 0.3) is 0 Å². The number of amides is 1. The smallest absolute Gasteiger partial charge is 0.224 e. The largest absolute Gasteiger partial charge is 0.487 e. The van der Waals surface area contributed by atoms with Crippen molar-refractivity contribution in [1.29, 1.82) is 0 Å². The summed E-state index contributed by atoms with van der Waals surface area (Å²) in [6.45, 7) is 0.341. The molecule has 142 valence electrons. The maximum atomic E-state index is 14.0. The topological polar surface area (TPSA) is 64.1 Å². The Morgan fingerprint density at radius 2 is 1.96 bits per heavy atom. The molecule has 1 amide bonds. The number of nitrogens with zero attached hydrogens (tertiary/aromatic N) is 2. The number of benzene rings is 2. The van der Waals surface area contributed by atoms with Crippen LogP contribution < -0.4 is 10.1 Å². The fourth-order valence-electron chi connectivity index (χ4n) is 3.24. The number of aromatic nitrogens is 2. The zero-order chi connectivity index (χ0) is 19.5. The van der Waals surface area contributed by atoms with Crippen molar-refractivity contribution < 1.29 is 13.9 Å². The standard InChI is InChI=1S/C21H17ClFN3O2/c22-16-3-1-13(2-4-16)5-20(27)26-11-18-7-14-6-17(23)8-19(21(14)28-18)15-9-24-12-25-10-15/h1-4,6,8-10,12,18H,5,7,11H2,(H,26,27). The number of nitrogens with one attached hydrogen (secondary N) is 1. The molecule has 3 aromatic rings. The van der Waals surface area contributed by atoms with E-state index >= 15 is 0 Å². The molecule has 1 aromatic heterocycles. The molecule has 1 unspecified atom stereocenters. The predicted molar refractivity (Wildman–Crippen MR) is 104 cm³/mol. The van der Waals surface area contributed by atoms with Crippen molar-refractivity contribution in [1.82, 2.24) is 15.3 Å². The molecule has 2 heterocycles. The van der Waals surface area contributed by atoms with Crippen LogP contribution in [0.1, 0.15) is 11.1 Å². The molecule has 0 spiro atoms. The molecule has 7 heteroatoms. The summed E-state index contributed by atoms with van der Waals surface area (Å²) in [5.74, 6) is 0.173. The summed E-state index contributed by atoms with van der Waals surface area (Å²) in [5, 5.41) is 3.51. The monoisotopic (exact) mass is 397 g/mol. The number of hydrogen-bond acceptors (Lipinski definition) is 4. The van der Waals surface area contributed by atoms with Crippen molar-refractivity contribution in [3.05, 3.63) is 77.1 Å². The van der Waals surface area contributed by atoms with Gasteiger partial charge in [0.05, 0.1) is 13.0 Å². The van der Waals surface area contributed by atoms with Crippen LogP contribution in [-0.4, -0.2) is 28.5 Å². The molecule has 1 N–H and O–H groups in total. The number of hydrogen-bond donors (Lipinski definition) is 1. The minimum atomic E-state index is -0.339. The number of rotatable bonds is 5. The number of carbonyl (C=O) groups excluding carboxylic acids is 1. The van der Waals surface area contributed by atoms with E-state index in [-0.39, 0.29) is 24.2 Å². The molecule has 0 radical (unpaired) electrons. The molecule has 0 saturated carbocycles. The second-order valence-electron chi connectivity index (χ2n) is 6.62. The maximum absolute atomic E-state index is 14.0. The fourth-order valence-corrected chi connectivity index (χ4v) is 3.36. The van der Waals surface area contributed by atoms with Gasteiger partial charge in [-0.3, -0.25) is 4.79 Å². The molecule has 5 nitrogen and oxygen atoms in total. The average molecular weight is 398 g/mol. The van der Waals surface area contributed by atoms with Crippen molar-refractivity contribution in [2.75, 3.05) is 6.54 Å². The highest BCUT2D eigenvalue weighted by Gasteiger charge is 2.27. The number of fused-ring (bicyclic) bond motifs is 1. The van der Waals surface area contributed by atoms with Crippen LogP contribution in [0.4, 0.5) is 4.39 Å². The molecule has 28 heavy (non-hydrogen) atoms. The molecule has 1 aliphatic heterocycles. The molecule has 0 aliphatic carbocycles. The third-order valence-electron chi connectivity index (χ3n) is 4.54. The Bertz CT molecular complexity index is 997. The van der Waals surface area contributed by atoms with Crippen LogP contribution in [0.5, 0.6) is 5.75 Å². The van der Waals surface area contributed by atoms with Gasteiger partial charge >= 0.3 is 0 Å². The summed E-state index contributed by atoms with van der Waals surface area (Å²) in [6, 6.07) is 10.0. The molecular formula is C21H17ClFN3O2. The first kappa shape index (κ1) is 18.4. The first-order valence-corrected chi connectivity index (χ1v) is 9.22. The van der Waals surface area contributed by atoms with Crippen molar-refractivity contribution in [2.24, 2.45) is 0 Å². The van der Waals surface area contributed by atoms with Crippen LogP contribution in [0.2, 0.25) is 5.02 Å². The lowest BCUT2D eigenvalue weighted by Crippen LogP contribution is -2.35. The molecule has 4 rings (SSSR count). The summed E-state index contributed by atoms with van der Waals surface area (Å²) < 4.78 is 20.1. The van der Waals surface area contributed by atoms with Crippen LogP contribution in [0.15, 0.2) is 55.1 Å². The van der Waals surface area contributed by atoms with Gasteiger partial charge in [0.15, 0.2) is 0 Å². The Morgan fingerprint density at radius 1 is 1.21 bits per heavy atom. The quantitative estimate of drug-likeness (QED) is 0.714. The van der Waals surface area contributed by atoms with Crippen LogP contribution in [0.3, 0.4) is 0 Å². The normalized spacial score (nSPS) is 15.0. The Morgan fingerprint density at radius 3 is 2.71 bits per heavy atom. The predicted octanol–water partition coefficient (Wildman–Crippen LogP) is 3.60. The van der Waals surface area contributed by atoms with Crippen LogP contribution in [0.25, 0.3) is 11.1 Å². The molecule has 0 fully saturated rings. The third kappa shape index (κ3) is 4.12. The van der Waals surface area contributed by atoms with E-state index in [2.05, 4.69) is 15.3 Å². The summed E-state index contributed by atoms with van der Waals surface area (Å²) in [4.78, 5) is 20.2. The van der Waals surface area contributed by atoms with Crippen LogP contribution in [0, 0.1) is 5.82 Å². The SMILES string of the molecule is O=C(Cc1ccc(Cl)cc1)NCC1Cc2cc(F)cc(-c3cncnc3)c2O1. The van der Waals surface area contributed by atoms with E-state index in [0.717, 1.165) is 11.1 Å². The Hall–Kier alpha value is -2.99. The van der Waals surface area contributed by atoms with Gasteiger partial charge in [-0.2, -0.15) is 0 Å². The molecule has 1 atom stereocenters. The Balaban J connectivity index is 1.41. The summed E-state index contributed by atoms with van der Waals surface area (Å²) >= 11 is 5.86. The summed E-state index contributed by atoms with van der Waals surface area (Å²) in [5.41, 5.74) is 2.96. The first-order valence-electron chi connectivity index (χ1n) is 8.84. The summed E-state index contributed by atoms with van der Waals surface area (Å²) in [6.07, 6.45) is 5.18. The lowest BCUT2D eigenvalue weighted by atomic mass is 10.0. The second kappa shape index (κ2) is 7.94. The Labute approximate surface area is 166 Å². The van der Waals surface area contributed by atoms with E-state index in [1.54, 1.807) is 24.5 Å². The molecule has 0 saturated heterocycles. The minimum absolute atomic E-state index is 0.107. The maximum Gasteiger partial charge on any atom is 0.224 e. The van der Waals surface area contributed by atoms with Crippen molar-refractivity contribution >= 4 is 17.5 Å². The highest BCUT2D eigenvalue weighted by molar-refractivity contribution is 6.30.